The van der Waals surface area contributed by atoms with Gasteiger partial charge in [0.25, 0.3) is 5.69 Å². The minimum atomic E-state index is -4.67. The zero-order valence-electron chi connectivity index (χ0n) is 14.0. The zero-order chi connectivity index (χ0) is 19.5. The van der Waals surface area contributed by atoms with E-state index < -0.39 is 22.4 Å². The van der Waals surface area contributed by atoms with Gasteiger partial charge in [-0.2, -0.15) is 13.2 Å². The molecule has 26 heavy (non-hydrogen) atoms. The highest BCUT2D eigenvalue weighted by molar-refractivity contribution is 6.35. The molecule has 0 atom stereocenters. The van der Waals surface area contributed by atoms with E-state index in [0.717, 1.165) is 18.2 Å². The smallest absolute Gasteiger partial charge is 0.420 e. The van der Waals surface area contributed by atoms with Crippen molar-refractivity contribution in [2.75, 3.05) is 18.0 Å². The van der Waals surface area contributed by atoms with Crippen LogP contribution in [-0.4, -0.2) is 18.0 Å². The number of rotatable bonds is 6. The van der Waals surface area contributed by atoms with E-state index in [9.17, 15) is 23.3 Å². The fourth-order valence-corrected chi connectivity index (χ4v) is 2.75. The molecule has 0 saturated carbocycles. The van der Waals surface area contributed by atoms with Gasteiger partial charge in [0.2, 0.25) is 0 Å². The first-order chi connectivity index (χ1) is 12.2. The van der Waals surface area contributed by atoms with Gasteiger partial charge in [-0.05, 0) is 38.1 Å². The number of hydrogen-bond acceptors (Lipinski definition) is 4. The van der Waals surface area contributed by atoms with E-state index in [-0.39, 0.29) is 16.5 Å². The second kappa shape index (κ2) is 7.82. The van der Waals surface area contributed by atoms with Gasteiger partial charge >= 0.3 is 6.18 Å². The average molecular weight is 389 g/mol. The number of nitrogens with zero attached hydrogens (tertiary/aromatic N) is 2. The third-order valence-electron chi connectivity index (χ3n) is 3.75. The number of anilines is 1. The second-order valence-corrected chi connectivity index (χ2v) is 5.68. The third kappa shape index (κ3) is 4.19. The van der Waals surface area contributed by atoms with Crippen molar-refractivity contribution in [3.63, 3.8) is 0 Å². The van der Waals surface area contributed by atoms with Crippen molar-refractivity contribution in [1.82, 2.24) is 0 Å². The highest BCUT2D eigenvalue weighted by Gasteiger charge is 2.36. The number of benzene rings is 2. The molecule has 0 fully saturated rings. The van der Waals surface area contributed by atoms with Crippen molar-refractivity contribution in [2.45, 2.75) is 20.0 Å². The highest BCUT2D eigenvalue weighted by atomic mass is 35.5. The molecule has 0 aliphatic carbocycles. The molecule has 0 N–H and O–H groups in total. The maximum atomic E-state index is 13.4. The number of halogens is 4. The number of hydrogen-bond donors (Lipinski definition) is 0. The molecule has 2 rings (SSSR count). The maximum absolute atomic E-state index is 13.4. The quantitative estimate of drug-likeness (QED) is 0.456. The Kier molecular flexibility index (Phi) is 5.97. The predicted octanol–water partition coefficient (Wildman–Crippen LogP) is 5.91. The molecule has 0 spiro atoms. The van der Waals surface area contributed by atoms with Crippen molar-refractivity contribution in [3.05, 3.63) is 57.1 Å². The van der Waals surface area contributed by atoms with Crippen LogP contribution in [-0.2, 0) is 6.18 Å². The van der Waals surface area contributed by atoms with Crippen LogP contribution in [0.4, 0.5) is 24.5 Å². The molecular weight excluding hydrogens is 373 g/mol. The summed E-state index contributed by atoms with van der Waals surface area (Å²) in [6, 6.07) is 6.95. The lowest BCUT2D eigenvalue weighted by Gasteiger charge is -2.25. The van der Waals surface area contributed by atoms with Crippen LogP contribution in [0.25, 0.3) is 0 Å². The van der Waals surface area contributed by atoms with Crippen LogP contribution in [0.1, 0.15) is 19.4 Å². The lowest BCUT2D eigenvalue weighted by Crippen LogP contribution is -2.22. The average Bonchev–Trinajstić information content (AvgIpc) is 2.58. The van der Waals surface area contributed by atoms with Crippen molar-refractivity contribution in [2.24, 2.45) is 0 Å². The van der Waals surface area contributed by atoms with E-state index in [0.29, 0.717) is 18.8 Å². The normalized spacial score (nSPS) is 11.3. The van der Waals surface area contributed by atoms with Gasteiger partial charge in [-0.1, -0.05) is 11.6 Å². The molecule has 0 saturated heterocycles. The lowest BCUT2D eigenvalue weighted by molar-refractivity contribution is -0.384. The monoisotopic (exact) mass is 388 g/mol. The summed E-state index contributed by atoms with van der Waals surface area (Å²) in [6.45, 7) is 4.82. The van der Waals surface area contributed by atoms with Gasteiger partial charge in [-0.3, -0.25) is 10.1 Å². The van der Waals surface area contributed by atoms with Crippen LogP contribution in [0.2, 0.25) is 5.02 Å². The molecule has 5 nitrogen and oxygen atoms in total. The van der Waals surface area contributed by atoms with Gasteiger partial charge < -0.3 is 9.64 Å². The van der Waals surface area contributed by atoms with Crippen LogP contribution in [0.3, 0.4) is 0 Å². The van der Waals surface area contributed by atoms with E-state index in [1.807, 2.05) is 13.8 Å². The van der Waals surface area contributed by atoms with Crippen LogP contribution in [0.15, 0.2) is 36.4 Å². The minimum Gasteiger partial charge on any atom is -0.455 e. The molecule has 140 valence electrons. The van der Waals surface area contributed by atoms with Gasteiger partial charge in [0.15, 0.2) is 5.75 Å². The summed E-state index contributed by atoms with van der Waals surface area (Å²) in [5.74, 6) is -0.517. The van der Waals surface area contributed by atoms with Crippen LogP contribution >= 0.6 is 11.6 Å². The first kappa shape index (κ1) is 19.8. The number of non-ortho nitro benzene ring substituents is 1. The Bertz CT molecular complexity index is 791. The maximum Gasteiger partial charge on any atom is 0.420 e. The molecule has 0 bridgehead atoms. The Morgan fingerprint density at radius 3 is 2.15 bits per heavy atom. The molecule has 0 aliphatic rings. The van der Waals surface area contributed by atoms with Crippen molar-refractivity contribution in [1.29, 1.82) is 0 Å². The topological polar surface area (TPSA) is 55.6 Å². The molecule has 2 aromatic carbocycles. The van der Waals surface area contributed by atoms with Gasteiger partial charge in [0, 0.05) is 25.2 Å². The molecule has 0 unspecified atom stereocenters. The molecule has 0 amide bonds. The van der Waals surface area contributed by atoms with Gasteiger partial charge in [-0.25, -0.2) is 0 Å². The second-order valence-electron chi connectivity index (χ2n) is 5.30. The zero-order valence-corrected chi connectivity index (χ0v) is 14.8. The number of ether oxygens (including phenoxy) is 1. The largest absolute Gasteiger partial charge is 0.455 e. The van der Waals surface area contributed by atoms with Crippen LogP contribution in [0, 0.1) is 10.1 Å². The number of nitro groups is 1. The fraction of sp³-hybridized carbons (Fsp3) is 0.294. The Morgan fingerprint density at radius 2 is 1.69 bits per heavy atom. The van der Waals surface area contributed by atoms with E-state index in [2.05, 4.69) is 0 Å². The van der Waals surface area contributed by atoms with Crippen LogP contribution in [0.5, 0.6) is 11.5 Å². The lowest BCUT2D eigenvalue weighted by atomic mass is 10.1. The fourth-order valence-electron chi connectivity index (χ4n) is 2.43. The Hall–Kier alpha value is -2.48. The molecule has 9 heteroatoms. The summed E-state index contributed by atoms with van der Waals surface area (Å²) >= 11 is 6.23. The predicted molar refractivity (Wildman–Crippen MR) is 93.2 cm³/mol. The van der Waals surface area contributed by atoms with E-state index in [1.54, 1.807) is 4.90 Å². The van der Waals surface area contributed by atoms with Crippen molar-refractivity contribution >= 4 is 23.0 Å². The first-order valence-corrected chi connectivity index (χ1v) is 8.13. The van der Waals surface area contributed by atoms with E-state index in [1.165, 1.54) is 18.2 Å². The Balaban J connectivity index is 2.52. The number of alkyl halides is 3. The molecule has 2 aromatic rings. The molecule has 0 heterocycles. The van der Waals surface area contributed by atoms with E-state index in [4.69, 9.17) is 16.3 Å². The summed E-state index contributed by atoms with van der Waals surface area (Å²) in [4.78, 5) is 11.9. The standard InChI is InChI=1S/C17H16ClF3N2O3/c1-3-22(4-2)14-10-9-13(17(19,20)21)16(15(14)18)26-12-7-5-11(6-8-12)23(24)25/h5-10H,3-4H2,1-2H3. The highest BCUT2D eigenvalue weighted by Crippen LogP contribution is 2.46. The summed E-state index contributed by atoms with van der Waals surface area (Å²) in [5, 5.41) is 10.5. The minimum absolute atomic E-state index is 0.0136. The summed E-state index contributed by atoms with van der Waals surface area (Å²) < 4.78 is 45.4. The molecule has 0 radical (unpaired) electrons. The molecule has 0 aliphatic heterocycles. The summed E-state index contributed by atoms with van der Waals surface area (Å²) in [7, 11) is 0. The number of nitro benzene ring substituents is 1. The molecule has 0 aromatic heterocycles. The SMILES string of the molecule is CCN(CC)c1ccc(C(F)(F)F)c(Oc2ccc([N+](=O)[O-])cc2)c1Cl. The Morgan fingerprint density at radius 1 is 1.12 bits per heavy atom. The summed E-state index contributed by atoms with van der Waals surface area (Å²) in [5.41, 5.74) is -0.797. The third-order valence-corrected chi connectivity index (χ3v) is 4.12. The van der Waals surface area contributed by atoms with Gasteiger partial charge in [0.1, 0.15) is 10.8 Å². The van der Waals surface area contributed by atoms with Crippen molar-refractivity contribution in [3.8, 4) is 11.5 Å². The van der Waals surface area contributed by atoms with Crippen molar-refractivity contribution < 1.29 is 22.8 Å². The van der Waals surface area contributed by atoms with Gasteiger partial charge in [0.05, 0.1) is 16.2 Å². The molecular formula is C17H16ClF3N2O3. The van der Waals surface area contributed by atoms with Crippen LogP contribution < -0.4 is 9.64 Å². The first-order valence-electron chi connectivity index (χ1n) is 7.76. The summed E-state index contributed by atoms with van der Waals surface area (Å²) in [6.07, 6.45) is -4.67. The van der Waals surface area contributed by atoms with E-state index >= 15 is 0 Å². The Labute approximate surface area is 153 Å². The van der Waals surface area contributed by atoms with Gasteiger partial charge in [-0.15, -0.1) is 0 Å².